The molecule has 1 aromatic heterocycles. The highest BCUT2D eigenvalue weighted by molar-refractivity contribution is 6.04. The van der Waals surface area contributed by atoms with Gasteiger partial charge in [0.2, 0.25) is 0 Å². The Labute approximate surface area is 138 Å². The van der Waals surface area contributed by atoms with Gasteiger partial charge in [0.15, 0.2) is 0 Å². The van der Waals surface area contributed by atoms with Crippen LogP contribution in [-0.4, -0.2) is 23.2 Å². The molecule has 1 aromatic rings. The van der Waals surface area contributed by atoms with Gasteiger partial charge in [0.1, 0.15) is 17.3 Å². The van der Waals surface area contributed by atoms with Crippen molar-refractivity contribution in [3.05, 3.63) is 29.1 Å². The molecule has 2 rings (SSSR count). The van der Waals surface area contributed by atoms with Crippen LogP contribution in [-0.2, 0) is 33.5 Å². The second-order valence-electron chi connectivity index (χ2n) is 5.90. The lowest BCUT2D eigenvalue weighted by Gasteiger charge is -2.21. The molecule has 0 bridgehead atoms. The first kappa shape index (κ1) is 18.6. The molecule has 0 aliphatic heterocycles. The molecule has 4 nitrogen and oxygen atoms in total. The van der Waals surface area contributed by atoms with E-state index in [0.29, 0.717) is 31.4 Å². The van der Waals surface area contributed by atoms with E-state index in [2.05, 4.69) is 4.98 Å². The molecule has 1 aliphatic rings. The van der Waals surface area contributed by atoms with Gasteiger partial charge in [-0.25, -0.2) is 4.98 Å². The Morgan fingerprint density at radius 3 is 2.46 bits per heavy atom. The number of hydrogen-bond acceptors (Lipinski definition) is 4. The highest BCUT2D eigenvalue weighted by Crippen LogP contribution is 2.30. The number of alkyl halides is 3. The van der Waals surface area contributed by atoms with Crippen molar-refractivity contribution >= 4 is 11.6 Å². The Bertz CT molecular complexity index is 598. The molecule has 0 atom stereocenters. The Morgan fingerprint density at radius 2 is 1.88 bits per heavy atom. The summed E-state index contributed by atoms with van der Waals surface area (Å²) in [6, 6.07) is 2.19. The number of halogens is 3. The van der Waals surface area contributed by atoms with Crippen LogP contribution in [0.4, 0.5) is 13.2 Å². The normalized spacial score (nSPS) is 16.7. The zero-order valence-electron chi connectivity index (χ0n) is 13.5. The van der Waals surface area contributed by atoms with Gasteiger partial charge in [0, 0.05) is 19.4 Å². The molecule has 0 unspecified atom stereocenters. The number of ketones is 2. The van der Waals surface area contributed by atoms with Crippen LogP contribution < -0.4 is 0 Å². The van der Waals surface area contributed by atoms with E-state index < -0.39 is 17.8 Å². The first-order chi connectivity index (χ1) is 11.3. The number of hydrogen-bond donors (Lipinski definition) is 0. The molecule has 7 heteroatoms. The van der Waals surface area contributed by atoms with Crippen molar-refractivity contribution < 1.29 is 27.5 Å². The van der Waals surface area contributed by atoms with Crippen LogP contribution in [0.15, 0.2) is 12.1 Å². The Morgan fingerprint density at radius 1 is 1.21 bits per heavy atom. The van der Waals surface area contributed by atoms with E-state index in [4.69, 9.17) is 4.74 Å². The molecular formula is C17H20F3NO3. The van der Waals surface area contributed by atoms with Gasteiger partial charge in [-0.3, -0.25) is 9.59 Å². The molecule has 1 aliphatic carbocycles. The number of Topliss-reactive ketones (excluding diaryl/α,β-unsaturated/α-hetero) is 2. The van der Waals surface area contributed by atoms with Crippen molar-refractivity contribution in [3.63, 3.8) is 0 Å². The smallest absolute Gasteiger partial charge is 0.375 e. The van der Waals surface area contributed by atoms with Crippen LogP contribution in [0.3, 0.4) is 0 Å². The van der Waals surface area contributed by atoms with Gasteiger partial charge in [0.05, 0.1) is 18.2 Å². The maximum absolute atomic E-state index is 12.9. The number of pyridine rings is 1. The average Bonchev–Trinajstić information content (AvgIpc) is 2.51. The first-order valence-electron chi connectivity index (χ1n) is 8.02. The zero-order valence-corrected chi connectivity index (χ0v) is 13.5. The number of aromatic nitrogens is 1. The number of carbonyl (C=O) groups excluding carboxylic acids is 2. The van der Waals surface area contributed by atoms with E-state index in [0.717, 1.165) is 12.5 Å². The van der Waals surface area contributed by atoms with Gasteiger partial charge in [0.25, 0.3) is 0 Å². The van der Waals surface area contributed by atoms with Gasteiger partial charge >= 0.3 is 6.18 Å². The minimum Gasteiger partial charge on any atom is -0.375 e. The molecular weight excluding hydrogens is 323 g/mol. The maximum atomic E-state index is 12.9. The molecule has 0 aromatic carbocycles. The number of rotatable bonds is 6. The second kappa shape index (κ2) is 7.88. The lowest BCUT2D eigenvalue weighted by molar-refractivity contribution is -0.141. The Hall–Kier alpha value is -1.76. The molecule has 0 N–H and O–H groups in total. The largest absolute Gasteiger partial charge is 0.433 e. The van der Waals surface area contributed by atoms with Crippen LogP contribution in [0, 0.1) is 5.92 Å². The average molecular weight is 343 g/mol. The SMILES string of the molecule is CCCOCc1nc(C(F)(F)F)ccc1CC1C(=O)CCCC1=O. The fraction of sp³-hybridized carbons (Fsp3) is 0.588. The minimum absolute atomic E-state index is 0.0673. The molecule has 0 spiro atoms. The van der Waals surface area contributed by atoms with E-state index in [1.807, 2.05) is 6.92 Å². The van der Waals surface area contributed by atoms with Crippen LogP contribution >= 0.6 is 0 Å². The van der Waals surface area contributed by atoms with E-state index >= 15 is 0 Å². The lowest BCUT2D eigenvalue weighted by atomic mass is 9.82. The molecule has 24 heavy (non-hydrogen) atoms. The van der Waals surface area contributed by atoms with Crippen molar-refractivity contribution in [2.75, 3.05) is 6.61 Å². The summed E-state index contributed by atoms with van der Waals surface area (Å²) in [5.74, 6) is -1.07. The van der Waals surface area contributed by atoms with Crippen LogP contribution in [0.5, 0.6) is 0 Å². The molecule has 1 fully saturated rings. The topological polar surface area (TPSA) is 56.3 Å². The summed E-state index contributed by atoms with van der Waals surface area (Å²) in [6.07, 6.45) is -2.50. The highest BCUT2D eigenvalue weighted by Gasteiger charge is 2.34. The molecule has 0 amide bonds. The first-order valence-corrected chi connectivity index (χ1v) is 8.02. The summed E-state index contributed by atoms with van der Waals surface area (Å²) in [5, 5.41) is 0. The third kappa shape index (κ3) is 4.63. The van der Waals surface area contributed by atoms with Gasteiger partial charge < -0.3 is 4.74 Å². The lowest BCUT2D eigenvalue weighted by Crippen LogP contribution is -2.30. The van der Waals surface area contributed by atoms with Crippen molar-refractivity contribution in [1.82, 2.24) is 4.98 Å². The van der Waals surface area contributed by atoms with Crippen molar-refractivity contribution in [1.29, 1.82) is 0 Å². The van der Waals surface area contributed by atoms with Crippen molar-refractivity contribution in [2.45, 2.75) is 51.8 Å². The Balaban J connectivity index is 2.26. The van der Waals surface area contributed by atoms with E-state index in [1.165, 1.54) is 6.07 Å². The summed E-state index contributed by atoms with van der Waals surface area (Å²) in [4.78, 5) is 27.6. The summed E-state index contributed by atoms with van der Waals surface area (Å²) >= 11 is 0. The molecule has 132 valence electrons. The van der Waals surface area contributed by atoms with Gasteiger partial charge in [-0.05, 0) is 30.9 Å². The van der Waals surface area contributed by atoms with Gasteiger partial charge in [-0.15, -0.1) is 0 Å². The van der Waals surface area contributed by atoms with E-state index in [1.54, 1.807) is 0 Å². The van der Waals surface area contributed by atoms with Crippen LogP contribution in [0.1, 0.15) is 49.6 Å². The Kier molecular flexibility index (Phi) is 6.10. The standard InChI is InChI=1S/C17H20F3NO3/c1-2-8-24-10-13-11(6-7-16(21-13)17(18,19)20)9-12-14(22)4-3-5-15(12)23/h6-7,12H,2-5,8-10H2,1H3. The van der Waals surface area contributed by atoms with E-state index in [-0.39, 0.29) is 30.3 Å². The summed E-state index contributed by atoms with van der Waals surface area (Å²) in [5.41, 5.74) is -0.389. The monoisotopic (exact) mass is 343 g/mol. The molecule has 1 saturated carbocycles. The third-order valence-corrected chi connectivity index (χ3v) is 3.99. The quantitative estimate of drug-likeness (QED) is 0.586. The highest BCUT2D eigenvalue weighted by atomic mass is 19.4. The van der Waals surface area contributed by atoms with E-state index in [9.17, 15) is 22.8 Å². The second-order valence-corrected chi connectivity index (χ2v) is 5.90. The number of carbonyl (C=O) groups is 2. The summed E-state index contributed by atoms with van der Waals surface area (Å²) < 4.78 is 43.9. The predicted octanol–water partition coefficient (Wildman–Crippen LogP) is 3.51. The van der Waals surface area contributed by atoms with Gasteiger partial charge in [-0.1, -0.05) is 13.0 Å². The number of ether oxygens (including phenoxy) is 1. The summed E-state index contributed by atoms with van der Waals surface area (Å²) in [7, 11) is 0. The summed E-state index contributed by atoms with van der Waals surface area (Å²) in [6.45, 7) is 2.22. The minimum atomic E-state index is -4.55. The fourth-order valence-electron chi connectivity index (χ4n) is 2.72. The molecule has 0 saturated heterocycles. The van der Waals surface area contributed by atoms with Gasteiger partial charge in [-0.2, -0.15) is 13.2 Å². The van der Waals surface area contributed by atoms with Crippen molar-refractivity contribution in [2.24, 2.45) is 5.92 Å². The van der Waals surface area contributed by atoms with Crippen molar-refractivity contribution in [3.8, 4) is 0 Å². The zero-order chi connectivity index (χ0) is 17.7. The van der Waals surface area contributed by atoms with Crippen LogP contribution in [0.2, 0.25) is 0 Å². The van der Waals surface area contributed by atoms with Crippen LogP contribution in [0.25, 0.3) is 0 Å². The number of nitrogens with zero attached hydrogens (tertiary/aromatic N) is 1. The predicted molar refractivity (Wildman–Crippen MR) is 80.2 cm³/mol. The molecule has 1 heterocycles. The fourth-order valence-corrected chi connectivity index (χ4v) is 2.72. The third-order valence-electron chi connectivity index (χ3n) is 3.99. The molecule has 0 radical (unpaired) electrons. The maximum Gasteiger partial charge on any atom is 0.433 e.